The third-order valence-electron chi connectivity index (χ3n) is 4.77. The number of rotatable bonds is 10. The zero-order valence-electron chi connectivity index (χ0n) is 17.4. The number of ether oxygens (including phenoxy) is 1. The number of hydrogen-bond donors (Lipinski definition) is 1. The van der Waals surface area contributed by atoms with Gasteiger partial charge in [0.15, 0.2) is 6.61 Å². The normalized spacial score (nSPS) is 11.5. The molecule has 0 saturated carbocycles. The number of aromatic nitrogens is 2. The van der Waals surface area contributed by atoms with E-state index >= 15 is 0 Å². The van der Waals surface area contributed by atoms with Crippen molar-refractivity contribution in [3.05, 3.63) is 95.6 Å². The van der Waals surface area contributed by atoms with Gasteiger partial charge < -0.3 is 9.84 Å². The van der Waals surface area contributed by atoms with Crippen LogP contribution in [0.1, 0.15) is 11.1 Å². The van der Waals surface area contributed by atoms with E-state index in [-0.39, 0.29) is 17.3 Å². The second-order valence-corrected chi connectivity index (χ2v) is 10.3. The van der Waals surface area contributed by atoms with Crippen LogP contribution in [0.2, 0.25) is 0 Å². The van der Waals surface area contributed by atoms with E-state index in [4.69, 9.17) is 9.84 Å². The summed E-state index contributed by atoms with van der Waals surface area (Å²) in [6, 6.07) is 19.4. The number of carboxylic acids is 1. The molecule has 0 bridgehead atoms. The Labute approximate surface area is 195 Å². The van der Waals surface area contributed by atoms with E-state index in [1.807, 2.05) is 36.5 Å². The first-order valence-corrected chi connectivity index (χ1v) is 12.3. The maximum absolute atomic E-state index is 13.4. The van der Waals surface area contributed by atoms with E-state index in [2.05, 4.69) is 5.10 Å². The Morgan fingerprint density at radius 2 is 1.82 bits per heavy atom. The smallest absolute Gasteiger partial charge is 0.341 e. The molecule has 0 radical (unpaired) electrons. The van der Waals surface area contributed by atoms with Gasteiger partial charge in [0, 0.05) is 25.5 Å². The topological polar surface area (TPSA) is 102 Å². The van der Waals surface area contributed by atoms with Crippen LogP contribution < -0.4 is 4.74 Å². The van der Waals surface area contributed by atoms with Gasteiger partial charge in [-0.25, -0.2) is 17.9 Å². The third kappa shape index (κ3) is 5.67. The van der Waals surface area contributed by atoms with Crippen molar-refractivity contribution >= 4 is 27.3 Å². The number of benzene rings is 2. The molecular weight excluding hydrogens is 462 g/mol. The van der Waals surface area contributed by atoms with Gasteiger partial charge in [0.05, 0.1) is 5.69 Å². The quantitative estimate of drug-likeness (QED) is 0.368. The van der Waals surface area contributed by atoms with Crippen LogP contribution in [0.4, 0.5) is 0 Å². The molecule has 170 valence electrons. The summed E-state index contributed by atoms with van der Waals surface area (Å²) in [7, 11) is -3.75. The summed E-state index contributed by atoms with van der Waals surface area (Å²) >= 11 is 1.16. The minimum atomic E-state index is -3.75. The van der Waals surface area contributed by atoms with E-state index in [1.165, 1.54) is 4.31 Å². The van der Waals surface area contributed by atoms with Gasteiger partial charge in [-0.2, -0.15) is 9.40 Å². The lowest BCUT2D eigenvalue weighted by molar-refractivity contribution is -0.139. The summed E-state index contributed by atoms with van der Waals surface area (Å²) in [4.78, 5) is 10.8. The molecule has 2 aromatic carbocycles. The van der Waals surface area contributed by atoms with Crippen molar-refractivity contribution in [2.24, 2.45) is 0 Å². The Kier molecular flexibility index (Phi) is 6.87. The molecule has 0 atom stereocenters. The number of thiophene rings is 1. The first kappa shape index (κ1) is 22.7. The first-order chi connectivity index (χ1) is 15.9. The highest BCUT2D eigenvalue weighted by atomic mass is 32.2. The monoisotopic (exact) mass is 483 g/mol. The highest BCUT2D eigenvalue weighted by molar-refractivity contribution is 7.91. The standard InChI is InChI=1S/C23H21N3O5S2/c27-22(28)17-31-21-5-1-4-19(14-21)16-25(33(29,30)23-6-2-13-32-23)15-18-7-9-20(10-8-18)26-12-3-11-24-26/h1-14H,15-17H2,(H,27,28). The van der Waals surface area contributed by atoms with Crippen LogP contribution in [-0.2, 0) is 27.9 Å². The van der Waals surface area contributed by atoms with Crippen molar-refractivity contribution in [3.63, 3.8) is 0 Å². The Morgan fingerprint density at radius 3 is 2.48 bits per heavy atom. The zero-order valence-corrected chi connectivity index (χ0v) is 19.1. The van der Waals surface area contributed by atoms with Gasteiger partial charge in [-0.3, -0.25) is 0 Å². The molecule has 0 aliphatic rings. The van der Waals surface area contributed by atoms with E-state index in [0.29, 0.717) is 11.3 Å². The van der Waals surface area contributed by atoms with Gasteiger partial charge in [-0.05, 0) is 52.9 Å². The zero-order chi connectivity index (χ0) is 23.3. The number of nitrogens with zero attached hydrogens (tertiary/aromatic N) is 3. The molecule has 4 aromatic rings. The fourth-order valence-electron chi connectivity index (χ4n) is 3.22. The Balaban J connectivity index is 1.59. The average molecular weight is 484 g/mol. The maximum atomic E-state index is 13.4. The molecule has 0 amide bonds. The van der Waals surface area contributed by atoms with Gasteiger partial charge in [0.2, 0.25) is 0 Å². The van der Waals surface area contributed by atoms with Crippen LogP contribution in [0.5, 0.6) is 5.75 Å². The summed E-state index contributed by atoms with van der Waals surface area (Å²) in [5.41, 5.74) is 2.38. The summed E-state index contributed by atoms with van der Waals surface area (Å²) in [5.74, 6) is -0.715. The predicted octanol–water partition coefficient (Wildman–Crippen LogP) is 3.79. The fraction of sp³-hybridized carbons (Fsp3) is 0.130. The summed E-state index contributed by atoms with van der Waals surface area (Å²) in [6.45, 7) is -0.200. The second-order valence-electron chi connectivity index (χ2n) is 7.15. The van der Waals surface area contributed by atoms with Crippen LogP contribution in [0, 0.1) is 0 Å². The molecule has 0 unspecified atom stereocenters. The van der Waals surface area contributed by atoms with Crippen LogP contribution >= 0.6 is 11.3 Å². The molecule has 8 nitrogen and oxygen atoms in total. The van der Waals surface area contributed by atoms with Crippen LogP contribution in [0.3, 0.4) is 0 Å². The number of aliphatic carboxylic acids is 1. The molecule has 0 aliphatic heterocycles. The van der Waals surface area contributed by atoms with Gasteiger partial charge >= 0.3 is 5.97 Å². The van der Waals surface area contributed by atoms with Crippen LogP contribution in [-0.4, -0.2) is 40.2 Å². The average Bonchev–Trinajstić information content (AvgIpc) is 3.53. The van der Waals surface area contributed by atoms with Gasteiger partial charge in [-0.1, -0.05) is 30.3 Å². The first-order valence-electron chi connectivity index (χ1n) is 9.98. The lowest BCUT2D eigenvalue weighted by Gasteiger charge is -2.22. The molecule has 0 fully saturated rings. The lowest BCUT2D eigenvalue weighted by Crippen LogP contribution is -2.29. The van der Waals surface area contributed by atoms with Gasteiger partial charge in [0.1, 0.15) is 9.96 Å². The number of carbonyl (C=O) groups is 1. The third-order valence-corrected chi connectivity index (χ3v) is 7.94. The van der Waals surface area contributed by atoms with Crippen molar-refractivity contribution in [2.45, 2.75) is 17.3 Å². The molecule has 2 aromatic heterocycles. The Morgan fingerprint density at radius 1 is 1.03 bits per heavy atom. The SMILES string of the molecule is O=C(O)COc1cccc(CN(Cc2ccc(-n3cccn3)cc2)S(=O)(=O)c2cccs2)c1. The molecule has 0 aliphatic carbocycles. The lowest BCUT2D eigenvalue weighted by atomic mass is 10.2. The predicted molar refractivity (Wildman–Crippen MR) is 124 cm³/mol. The van der Waals surface area contributed by atoms with E-state index in [9.17, 15) is 13.2 Å². The van der Waals surface area contributed by atoms with Crippen molar-refractivity contribution in [1.82, 2.24) is 14.1 Å². The molecule has 0 saturated heterocycles. The number of hydrogen-bond acceptors (Lipinski definition) is 6. The van der Waals surface area contributed by atoms with E-state index in [0.717, 1.165) is 22.6 Å². The minimum Gasteiger partial charge on any atom is -0.482 e. The van der Waals surface area contributed by atoms with Crippen LogP contribution in [0.15, 0.2) is 88.7 Å². The maximum Gasteiger partial charge on any atom is 0.341 e. The summed E-state index contributed by atoms with van der Waals surface area (Å²) in [6.07, 6.45) is 3.53. The van der Waals surface area contributed by atoms with Crippen molar-refractivity contribution in [1.29, 1.82) is 0 Å². The molecule has 10 heteroatoms. The Hall–Kier alpha value is -3.47. The highest BCUT2D eigenvalue weighted by Gasteiger charge is 2.26. The molecule has 0 spiro atoms. The largest absolute Gasteiger partial charge is 0.482 e. The molecule has 1 N–H and O–H groups in total. The van der Waals surface area contributed by atoms with E-state index < -0.39 is 22.6 Å². The number of sulfonamides is 1. The van der Waals surface area contributed by atoms with Gasteiger partial charge in [-0.15, -0.1) is 11.3 Å². The van der Waals surface area contributed by atoms with Crippen molar-refractivity contribution in [3.8, 4) is 11.4 Å². The highest BCUT2D eigenvalue weighted by Crippen LogP contribution is 2.26. The van der Waals surface area contributed by atoms with Crippen molar-refractivity contribution in [2.75, 3.05) is 6.61 Å². The van der Waals surface area contributed by atoms with Crippen LogP contribution in [0.25, 0.3) is 5.69 Å². The summed E-state index contributed by atoms with van der Waals surface area (Å²) < 4.78 is 35.4. The molecule has 4 rings (SSSR count). The molecular formula is C23H21N3O5S2. The fourth-order valence-corrected chi connectivity index (χ4v) is 5.79. The minimum absolute atomic E-state index is 0.103. The Bertz CT molecular complexity index is 1300. The van der Waals surface area contributed by atoms with Gasteiger partial charge in [0.25, 0.3) is 10.0 Å². The number of carboxylic acid groups (broad SMARTS) is 1. The summed E-state index contributed by atoms with van der Waals surface area (Å²) in [5, 5.41) is 14.8. The van der Waals surface area contributed by atoms with E-state index in [1.54, 1.807) is 52.7 Å². The van der Waals surface area contributed by atoms with Crippen molar-refractivity contribution < 1.29 is 23.1 Å². The molecule has 33 heavy (non-hydrogen) atoms. The second kappa shape index (κ2) is 9.99. The molecule has 2 heterocycles.